The molecular weight excluding hydrogens is 324 g/mol. The summed E-state index contributed by atoms with van der Waals surface area (Å²) in [5.41, 5.74) is 1.98. The van der Waals surface area contributed by atoms with E-state index in [9.17, 15) is 9.59 Å². The summed E-state index contributed by atoms with van der Waals surface area (Å²) in [5.74, 6) is -0.175. The number of para-hydroxylation sites is 2. The van der Waals surface area contributed by atoms with Gasteiger partial charge in [0, 0.05) is 7.05 Å². The molecular formula is C17H20N4O4. The molecule has 2 N–H and O–H groups in total. The van der Waals surface area contributed by atoms with E-state index in [-0.39, 0.29) is 12.6 Å². The number of aromatic nitrogens is 2. The van der Waals surface area contributed by atoms with Gasteiger partial charge in [0.2, 0.25) is 0 Å². The number of carbonyl (C=O) groups is 2. The molecule has 1 aliphatic rings. The highest BCUT2D eigenvalue weighted by Crippen LogP contribution is 2.30. The lowest BCUT2D eigenvalue weighted by atomic mass is 10.2. The van der Waals surface area contributed by atoms with Crippen molar-refractivity contribution in [3.8, 4) is 11.5 Å². The molecule has 0 unspecified atom stereocenters. The topological polar surface area (TPSA) is 94.5 Å². The van der Waals surface area contributed by atoms with Crippen LogP contribution >= 0.6 is 0 Å². The second-order valence-corrected chi connectivity index (χ2v) is 5.83. The number of rotatable bonds is 3. The maximum Gasteiger partial charge on any atom is 0.313 e. The highest BCUT2D eigenvalue weighted by molar-refractivity contribution is 6.39. The average molecular weight is 344 g/mol. The molecule has 0 bridgehead atoms. The quantitative estimate of drug-likeness (QED) is 0.808. The molecule has 1 atom stereocenters. The lowest BCUT2D eigenvalue weighted by molar-refractivity contribution is -0.136. The Labute approximate surface area is 145 Å². The van der Waals surface area contributed by atoms with Gasteiger partial charge in [-0.2, -0.15) is 5.10 Å². The van der Waals surface area contributed by atoms with Crippen LogP contribution < -0.4 is 20.1 Å². The molecule has 2 heterocycles. The van der Waals surface area contributed by atoms with Crippen LogP contribution in [0.1, 0.15) is 11.4 Å². The Morgan fingerprint density at radius 1 is 1.24 bits per heavy atom. The maximum absolute atomic E-state index is 12.1. The summed E-state index contributed by atoms with van der Waals surface area (Å²) in [6, 6.07) is 7.31. The SMILES string of the molecule is Cc1nn(C)c(C)c1NC(=O)C(=O)NC[C@H]1COc2ccccc2O1. The summed E-state index contributed by atoms with van der Waals surface area (Å²) in [6.45, 7) is 4.06. The molecule has 0 spiro atoms. The average Bonchev–Trinajstić information content (AvgIpc) is 2.85. The Morgan fingerprint density at radius 3 is 2.64 bits per heavy atom. The Bertz CT molecular complexity index is 815. The highest BCUT2D eigenvalue weighted by Gasteiger charge is 2.23. The van der Waals surface area contributed by atoms with Crippen molar-refractivity contribution >= 4 is 17.5 Å². The summed E-state index contributed by atoms with van der Waals surface area (Å²) in [4.78, 5) is 24.1. The van der Waals surface area contributed by atoms with E-state index in [0.29, 0.717) is 29.5 Å². The van der Waals surface area contributed by atoms with Crippen molar-refractivity contribution < 1.29 is 19.1 Å². The molecule has 2 aromatic rings. The minimum Gasteiger partial charge on any atom is -0.486 e. The molecule has 1 aromatic heterocycles. The van der Waals surface area contributed by atoms with Crippen LogP contribution in [0.2, 0.25) is 0 Å². The number of ether oxygens (including phenoxy) is 2. The Morgan fingerprint density at radius 2 is 1.96 bits per heavy atom. The zero-order chi connectivity index (χ0) is 18.0. The van der Waals surface area contributed by atoms with Gasteiger partial charge in [0.1, 0.15) is 12.7 Å². The van der Waals surface area contributed by atoms with Gasteiger partial charge in [-0.15, -0.1) is 0 Å². The zero-order valence-electron chi connectivity index (χ0n) is 14.3. The third-order valence-electron chi connectivity index (χ3n) is 4.01. The molecule has 0 radical (unpaired) electrons. The summed E-state index contributed by atoms with van der Waals surface area (Å²) in [6.07, 6.45) is -0.353. The van der Waals surface area contributed by atoms with Gasteiger partial charge in [0.25, 0.3) is 0 Å². The number of nitrogens with one attached hydrogen (secondary N) is 2. The normalized spacial score (nSPS) is 15.6. The summed E-state index contributed by atoms with van der Waals surface area (Å²) in [5, 5.41) is 9.36. The van der Waals surface area contributed by atoms with Crippen molar-refractivity contribution in [1.29, 1.82) is 0 Å². The largest absolute Gasteiger partial charge is 0.486 e. The third kappa shape index (κ3) is 3.57. The first-order valence-electron chi connectivity index (χ1n) is 7.93. The fraction of sp³-hybridized carbons (Fsp3) is 0.353. The van der Waals surface area contributed by atoms with Crippen LogP contribution in [-0.4, -0.2) is 40.9 Å². The molecule has 0 saturated carbocycles. The molecule has 0 fully saturated rings. The lowest BCUT2D eigenvalue weighted by Crippen LogP contribution is -2.44. The van der Waals surface area contributed by atoms with Gasteiger partial charge in [0.05, 0.1) is 23.6 Å². The number of nitrogens with zero attached hydrogens (tertiary/aromatic N) is 2. The summed E-state index contributed by atoms with van der Waals surface area (Å²) in [7, 11) is 1.77. The maximum atomic E-state index is 12.1. The van der Waals surface area contributed by atoms with E-state index in [1.807, 2.05) is 25.1 Å². The molecule has 8 heteroatoms. The van der Waals surface area contributed by atoms with Crippen molar-refractivity contribution in [2.75, 3.05) is 18.5 Å². The number of hydrogen-bond acceptors (Lipinski definition) is 5. The fourth-order valence-electron chi connectivity index (χ4n) is 2.58. The van der Waals surface area contributed by atoms with Gasteiger partial charge < -0.3 is 20.1 Å². The van der Waals surface area contributed by atoms with Crippen molar-refractivity contribution in [2.24, 2.45) is 7.05 Å². The van der Waals surface area contributed by atoms with Gasteiger partial charge in [0.15, 0.2) is 11.5 Å². The van der Waals surface area contributed by atoms with Gasteiger partial charge in [-0.3, -0.25) is 14.3 Å². The summed E-state index contributed by atoms with van der Waals surface area (Å²) >= 11 is 0. The van der Waals surface area contributed by atoms with Crippen LogP contribution in [0.15, 0.2) is 24.3 Å². The molecule has 3 rings (SSSR count). The number of amides is 2. The zero-order valence-corrected chi connectivity index (χ0v) is 14.3. The van der Waals surface area contributed by atoms with Crippen LogP contribution in [0.25, 0.3) is 0 Å². The van der Waals surface area contributed by atoms with E-state index in [0.717, 1.165) is 5.69 Å². The minimum atomic E-state index is -0.740. The van der Waals surface area contributed by atoms with Crippen LogP contribution in [0.5, 0.6) is 11.5 Å². The first-order valence-corrected chi connectivity index (χ1v) is 7.93. The van der Waals surface area contributed by atoms with Crippen LogP contribution in [-0.2, 0) is 16.6 Å². The monoisotopic (exact) mass is 344 g/mol. The Hall–Kier alpha value is -3.03. The predicted molar refractivity (Wildman–Crippen MR) is 90.7 cm³/mol. The number of fused-ring (bicyclic) bond motifs is 1. The van der Waals surface area contributed by atoms with Crippen molar-refractivity contribution in [1.82, 2.24) is 15.1 Å². The second kappa shape index (κ2) is 6.84. The van der Waals surface area contributed by atoms with E-state index < -0.39 is 11.8 Å². The molecule has 25 heavy (non-hydrogen) atoms. The van der Waals surface area contributed by atoms with Crippen LogP contribution in [0, 0.1) is 13.8 Å². The van der Waals surface area contributed by atoms with Gasteiger partial charge in [-0.25, -0.2) is 0 Å². The van der Waals surface area contributed by atoms with E-state index in [2.05, 4.69) is 15.7 Å². The standard InChI is InChI=1S/C17H20N4O4/c1-10-15(11(2)21(3)20-10)19-17(23)16(22)18-8-12-9-24-13-6-4-5-7-14(13)25-12/h4-7,12H,8-9H2,1-3H3,(H,18,22)(H,19,23)/t12-/m0/s1. The third-order valence-corrected chi connectivity index (χ3v) is 4.01. The van der Waals surface area contributed by atoms with Gasteiger partial charge in [-0.1, -0.05) is 12.1 Å². The smallest absolute Gasteiger partial charge is 0.313 e. The Balaban J connectivity index is 1.53. The van der Waals surface area contributed by atoms with Crippen LogP contribution in [0.3, 0.4) is 0 Å². The lowest BCUT2D eigenvalue weighted by Gasteiger charge is -2.26. The molecule has 2 amide bonds. The van der Waals surface area contributed by atoms with Crippen LogP contribution in [0.4, 0.5) is 5.69 Å². The number of aryl methyl sites for hydroxylation is 2. The van der Waals surface area contributed by atoms with Crippen molar-refractivity contribution in [3.05, 3.63) is 35.7 Å². The van der Waals surface area contributed by atoms with E-state index >= 15 is 0 Å². The van der Waals surface area contributed by atoms with Crippen molar-refractivity contribution in [2.45, 2.75) is 20.0 Å². The highest BCUT2D eigenvalue weighted by atomic mass is 16.6. The van der Waals surface area contributed by atoms with E-state index in [1.165, 1.54) is 0 Å². The minimum absolute atomic E-state index is 0.172. The second-order valence-electron chi connectivity index (χ2n) is 5.83. The van der Waals surface area contributed by atoms with E-state index in [4.69, 9.17) is 9.47 Å². The predicted octanol–water partition coefficient (Wildman–Crippen LogP) is 0.932. The molecule has 0 aliphatic carbocycles. The molecule has 132 valence electrons. The molecule has 8 nitrogen and oxygen atoms in total. The van der Waals surface area contributed by atoms with Gasteiger partial charge >= 0.3 is 11.8 Å². The van der Waals surface area contributed by atoms with Gasteiger partial charge in [-0.05, 0) is 26.0 Å². The number of carbonyl (C=O) groups excluding carboxylic acids is 2. The molecule has 0 saturated heterocycles. The number of benzene rings is 1. The Kier molecular flexibility index (Phi) is 4.60. The first-order chi connectivity index (χ1) is 12.0. The fourth-order valence-corrected chi connectivity index (χ4v) is 2.58. The number of hydrogen-bond donors (Lipinski definition) is 2. The molecule has 1 aliphatic heterocycles. The number of anilines is 1. The summed E-state index contributed by atoms with van der Waals surface area (Å²) < 4.78 is 13.0. The first kappa shape index (κ1) is 16.8. The van der Waals surface area contributed by atoms with Crippen molar-refractivity contribution in [3.63, 3.8) is 0 Å². The van der Waals surface area contributed by atoms with E-state index in [1.54, 1.807) is 24.7 Å². The molecule has 1 aromatic carbocycles.